The van der Waals surface area contributed by atoms with E-state index in [1.807, 2.05) is 0 Å². The van der Waals surface area contributed by atoms with Crippen LogP contribution in [-0.4, -0.2) is 76.2 Å². The Kier molecular flexibility index (Phi) is 12.0. The number of rotatable bonds is 15. The van der Waals surface area contributed by atoms with E-state index in [1.165, 1.54) is 24.3 Å². The summed E-state index contributed by atoms with van der Waals surface area (Å²) in [5.74, 6) is -4.90. The van der Waals surface area contributed by atoms with Gasteiger partial charge in [-0.05, 0) is 43.5 Å². The van der Waals surface area contributed by atoms with Crippen molar-refractivity contribution in [3.63, 3.8) is 0 Å². The van der Waals surface area contributed by atoms with Crippen molar-refractivity contribution in [2.24, 2.45) is 11.5 Å². The van der Waals surface area contributed by atoms with E-state index >= 15 is 0 Å². The second kappa shape index (κ2) is 14.4. The first kappa shape index (κ1) is 28.3. The molecule has 1 aromatic rings. The fourth-order valence-corrected chi connectivity index (χ4v) is 2.96. The Morgan fingerprint density at radius 1 is 0.853 bits per heavy atom. The van der Waals surface area contributed by atoms with Crippen molar-refractivity contribution >= 4 is 29.7 Å². The van der Waals surface area contributed by atoms with Gasteiger partial charge in [0.1, 0.15) is 24.4 Å². The summed E-state index contributed by atoms with van der Waals surface area (Å²) < 4.78 is 0. The van der Waals surface area contributed by atoms with Crippen LogP contribution < -0.4 is 27.4 Å². The summed E-state index contributed by atoms with van der Waals surface area (Å²) in [5.41, 5.74) is 11.6. The van der Waals surface area contributed by atoms with Gasteiger partial charge in [0.15, 0.2) is 0 Å². The molecule has 0 aromatic heterocycles. The lowest BCUT2D eigenvalue weighted by Crippen LogP contribution is -2.56. The highest BCUT2D eigenvalue weighted by Crippen LogP contribution is 2.12. The van der Waals surface area contributed by atoms with Gasteiger partial charge < -0.3 is 42.7 Å². The molecule has 0 saturated heterocycles. The SMILES string of the molecule is NCCCCC(NC(=O)C(N)CC(=O)O)C(=O)NC(Cc1ccc(O)cc1)C(=O)NCC(=O)O. The Morgan fingerprint density at radius 2 is 1.47 bits per heavy atom. The van der Waals surface area contributed by atoms with Gasteiger partial charge >= 0.3 is 11.9 Å². The van der Waals surface area contributed by atoms with Crippen LogP contribution in [-0.2, 0) is 30.4 Å². The second-order valence-corrected chi connectivity index (χ2v) is 7.59. The Hall–Kier alpha value is -3.71. The average molecular weight is 482 g/mol. The minimum Gasteiger partial charge on any atom is -0.508 e. The number of carboxylic acids is 2. The lowest BCUT2D eigenvalue weighted by Gasteiger charge is -2.24. The summed E-state index contributed by atoms with van der Waals surface area (Å²) in [5, 5.41) is 34.2. The van der Waals surface area contributed by atoms with Gasteiger partial charge in [0.2, 0.25) is 17.7 Å². The predicted molar refractivity (Wildman–Crippen MR) is 119 cm³/mol. The standard InChI is InChI=1S/C21H31N5O8/c22-8-2-1-3-15(25-19(32)14(23)10-17(28)29)21(34)26-16(20(33)24-11-18(30)31)9-12-4-6-13(27)7-5-12/h4-7,14-16,27H,1-3,8-11,22-23H2,(H,24,33)(H,25,32)(H,26,34)(H,28,29)(H,30,31). The van der Waals surface area contributed by atoms with E-state index < -0.39 is 60.8 Å². The van der Waals surface area contributed by atoms with Gasteiger partial charge in [0.25, 0.3) is 0 Å². The summed E-state index contributed by atoms with van der Waals surface area (Å²) >= 11 is 0. The van der Waals surface area contributed by atoms with E-state index in [1.54, 1.807) is 0 Å². The third-order valence-corrected chi connectivity index (χ3v) is 4.73. The third-order valence-electron chi connectivity index (χ3n) is 4.73. The molecule has 0 bridgehead atoms. The molecule has 3 amide bonds. The van der Waals surface area contributed by atoms with Gasteiger partial charge in [-0.3, -0.25) is 24.0 Å². The third kappa shape index (κ3) is 10.7. The van der Waals surface area contributed by atoms with E-state index in [0.717, 1.165) is 0 Å². The van der Waals surface area contributed by atoms with Gasteiger partial charge in [-0.2, -0.15) is 0 Å². The van der Waals surface area contributed by atoms with Gasteiger partial charge in [0.05, 0.1) is 12.5 Å². The zero-order valence-corrected chi connectivity index (χ0v) is 18.5. The number of nitrogens with one attached hydrogen (secondary N) is 3. The first-order chi connectivity index (χ1) is 16.0. The number of phenolic OH excluding ortho intramolecular Hbond substituents is 1. The average Bonchev–Trinajstić information content (AvgIpc) is 2.77. The maximum Gasteiger partial charge on any atom is 0.322 e. The van der Waals surface area contributed by atoms with Crippen LogP contribution in [0.5, 0.6) is 5.75 Å². The second-order valence-electron chi connectivity index (χ2n) is 7.59. The summed E-state index contributed by atoms with van der Waals surface area (Å²) in [6.45, 7) is -0.316. The molecular formula is C21H31N5O8. The van der Waals surface area contributed by atoms with Gasteiger partial charge in [0, 0.05) is 6.42 Å². The predicted octanol–water partition coefficient (Wildman–Crippen LogP) is -1.96. The summed E-state index contributed by atoms with van der Waals surface area (Å²) in [6, 6.07) is 2.14. The number of hydrogen-bond donors (Lipinski definition) is 8. The molecule has 0 aliphatic rings. The molecule has 3 atom stereocenters. The van der Waals surface area contributed by atoms with Crippen molar-refractivity contribution < 1.29 is 39.3 Å². The number of aliphatic carboxylic acids is 2. The number of hydrogen-bond acceptors (Lipinski definition) is 8. The zero-order chi connectivity index (χ0) is 25.7. The maximum absolute atomic E-state index is 13.0. The Morgan fingerprint density at radius 3 is 2.03 bits per heavy atom. The Labute approximate surface area is 195 Å². The van der Waals surface area contributed by atoms with Crippen molar-refractivity contribution in [2.45, 2.75) is 50.2 Å². The van der Waals surface area contributed by atoms with Crippen LogP contribution in [0.15, 0.2) is 24.3 Å². The van der Waals surface area contributed by atoms with Crippen molar-refractivity contribution in [2.75, 3.05) is 13.1 Å². The van der Waals surface area contributed by atoms with E-state index in [2.05, 4.69) is 16.0 Å². The first-order valence-electron chi connectivity index (χ1n) is 10.6. The van der Waals surface area contributed by atoms with Crippen LogP contribution in [0.1, 0.15) is 31.2 Å². The van der Waals surface area contributed by atoms with Crippen LogP contribution in [0, 0.1) is 0 Å². The van der Waals surface area contributed by atoms with E-state index in [4.69, 9.17) is 21.7 Å². The number of nitrogens with two attached hydrogens (primary N) is 2. The number of unbranched alkanes of at least 4 members (excludes halogenated alkanes) is 1. The molecule has 0 heterocycles. The monoisotopic (exact) mass is 481 g/mol. The normalized spacial score (nSPS) is 13.2. The smallest absolute Gasteiger partial charge is 0.322 e. The molecular weight excluding hydrogens is 450 g/mol. The number of carboxylic acid groups (broad SMARTS) is 2. The highest BCUT2D eigenvalue weighted by molar-refractivity contribution is 5.94. The summed E-state index contributed by atoms with van der Waals surface area (Å²) in [4.78, 5) is 59.4. The summed E-state index contributed by atoms with van der Waals surface area (Å²) in [7, 11) is 0. The Balaban J connectivity index is 3.01. The molecule has 0 aliphatic heterocycles. The van der Waals surface area contributed by atoms with Crippen molar-refractivity contribution in [1.29, 1.82) is 0 Å². The zero-order valence-electron chi connectivity index (χ0n) is 18.5. The van der Waals surface area contributed by atoms with Crippen LogP contribution in [0.3, 0.4) is 0 Å². The minimum absolute atomic E-state index is 0.0000408. The number of amides is 3. The molecule has 0 fully saturated rings. The molecule has 13 nitrogen and oxygen atoms in total. The van der Waals surface area contributed by atoms with Crippen LogP contribution in [0.25, 0.3) is 0 Å². The number of carbonyl (C=O) groups is 5. The fourth-order valence-electron chi connectivity index (χ4n) is 2.96. The van der Waals surface area contributed by atoms with Crippen LogP contribution >= 0.6 is 0 Å². The van der Waals surface area contributed by atoms with Gasteiger partial charge in [-0.1, -0.05) is 12.1 Å². The Bertz CT molecular complexity index is 861. The molecule has 3 unspecified atom stereocenters. The molecule has 0 spiro atoms. The van der Waals surface area contributed by atoms with Crippen molar-refractivity contribution in [1.82, 2.24) is 16.0 Å². The van der Waals surface area contributed by atoms with E-state index in [-0.39, 0.29) is 18.6 Å². The molecule has 1 aromatic carbocycles. The number of benzene rings is 1. The van der Waals surface area contributed by atoms with Crippen LogP contribution in [0.2, 0.25) is 0 Å². The number of phenols is 1. The van der Waals surface area contributed by atoms with E-state index in [9.17, 15) is 29.1 Å². The molecule has 0 saturated carbocycles. The lowest BCUT2D eigenvalue weighted by molar-refractivity contribution is -0.139. The number of carbonyl (C=O) groups excluding carboxylic acids is 3. The topological polar surface area (TPSA) is 234 Å². The molecule has 34 heavy (non-hydrogen) atoms. The highest BCUT2D eigenvalue weighted by Gasteiger charge is 2.28. The van der Waals surface area contributed by atoms with E-state index in [0.29, 0.717) is 24.9 Å². The first-order valence-corrected chi connectivity index (χ1v) is 10.6. The fraction of sp³-hybridized carbons (Fsp3) is 0.476. The van der Waals surface area contributed by atoms with Gasteiger partial charge in [-0.25, -0.2) is 0 Å². The molecule has 1 rings (SSSR count). The summed E-state index contributed by atoms with van der Waals surface area (Å²) in [6.07, 6.45) is 0.495. The van der Waals surface area contributed by atoms with Crippen molar-refractivity contribution in [3.8, 4) is 5.75 Å². The molecule has 13 heteroatoms. The minimum atomic E-state index is -1.38. The molecule has 188 valence electrons. The number of aromatic hydroxyl groups is 1. The molecule has 10 N–H and O–H groups in total. The molecule has 0 aliphatic carbocycles. The molecule has 0 radical (unpaired) electrons. The maximum atomic E-state index is 13.0. The quantitative estimate of drug-likeness (QED) is 0.129. The lowest BCUT2D eigenvalue weighted by atomic mass is 10.0. The highest BCUT2D eigenvalue weighted by atomic mass is 16.4. The largest absolute Gasteiger partial charge is 0.508 e. The van der Waals surface area contributed by atoms with Crippen LogP contribution in [0.4, 0.5) is 0 Å². The van der Waals surface area contributed by atoms with Crippen molar-refractivity contribution in [3.05, 3.63) is 29.8 Å². The van der Waals surface area contributed by atoms with Gasteiger partial charge in [-0.15, -0.1) is 0 Å².